The molecule has 0 fully saturated rings. The molecule has 0 aromatic heterocycles. The zero-order chi connectivity index (χ0) is 58.0. The number of benzene rings is 2. The minimum absolute atomic E-state index is 0.00714. The van der Waals surface area contributed by atoms with Crippen molar-refractivity contribution in [2.75, 3.05) is 0 Å². The third-order valence-electron chi connectivity index (χ3n) is 8.66. The molecule has 0 bridgehead atoms. The third kappa shape index (κ3) is 8.57. The summed E-state index contributed by atoms with van der Waals surface area (Å²) in [5.74, 6) is -113. The van der Waals surface area contributed by atoms with Gasteiger partial charge in [-0.15, -0.1) is 0 Å². The SMILES string of the molecule is O=C(c1ccc(OS(=O)(=O)C(F)(F)C(F)(F)C(F)(F)C(F)(F)C(F)(F)C(F)(F)C(F)(F)C(F)(F)F)cc1)c1ccc(OS(=O)(=O)C(F)(F)C(F)(F)C(F)(F)C(F)(F)C(F)(F)C(F)(F)C(F)(F)C(F)(F)F)cc1. The molecule has 0 heterocycles. The molecule has 416 valence electrons. The molecule has 0 radical (unpaired) electrons. The van der Waals surface area contributed by atoms with Crippen LogP contribution in [0, 0.1) is 0 Å². The molecule has 0 N–H and O–H groups in total. The molecular formula is C29H8F34O7S2. The van der Waals surface area contributed by atoms with Crippen LogP contribution in [-0.2, 0) is 20.2 Å². The molecule has 72 heavy (non-hydrogen) atoms. The molecule has 0 aliphatic carbocycles. The highest BCUT2D eigenvalue weighted by molar-refractivity contribution is 7.88. The number of ketones is 1. The van der Waals surface area contributed by atoms with Crippen molar-refractivity contribution >= 4 is 26.0 Å². The molecule has 2 aromatic carbocycles. The Hall–Kier alpha value is -4.77. The summed E-state index contributed by atoms with van der Waals surface area (Å²) in [4.78, 5) is 12.7. The monoisotopic (exact) mass is 1180 g/mol. The molecule has 0 atom stereocenters. The lowest BCUT2D eigenvalue weighted by Crippen LogP contribution is -2.75. The maximum absolute atomic E-state index is 14.3. The van der Waals surface area contributed by atoms with Crippen LogP contribution >= 0.6 is 0 Å². The van der Waals surface area contributed by atoms with E-state index >= 15 is 0 Å². The Bertz CT molecular complexity index is 2390. The second-order valence-electron chi connectivity index (χ2n) is 13.4. The van der Waals surface area contributed by atoms with E-state index in [1.54, 1.807) is 0 Å². The Kier molecular flexibility index (Phi) is 15.1. The van der Waals surface area contributed by atoms with Gasteiger partial charge in [-0.2, -0.15) is 166 Å². The fourth-order valence-corrected chi connectivity index (χ4v) is 6.28. The lowest BCUT2D eigenvalue weighted by molar-refractivity contribution is -0.458. The second kappa shape index (κ2) is 17.1. The van der Waals surface area contributed by atoms with Gasteiger partial charge in [0.1, 0.15) is 11.5 Å². The maximum Gasteiger partial charge on any atom is 0.460 e. The topological polar surface area (TPSA) is 104 Å². The molecule has 0 saturated carbocycles. The Morgan fingerprint density at radius 1 is 0.278 bits per heavy atom. The van der Waals surface area contributed by atoms with Crippen LogP contribution in [0.2, 0.25) is 0 Å². The van der Waals surface area contributed by atoms with Crippen LogP contribution in [0.15, 0.2) is 48.5 Å². The van der Waals surface area contributed by atoms with E-state index in [-0.39, 0.29) is 48.5 Å². The average Bonchev–Trinajstić information content (AvgIpc) is 3.18. The highest BCUT2D eigenvalue weighted by Crippen LogP contribution is 2.66. The molecular weight excluding hydrogens is 1170 g/mol. The highest BCUT2D eigenvalue weighted by Gasteiger charge is 2.98. The maximum atomic E-state index is 14.3. The Morgan fingerprint density at radius 2 is 0.444 bits per heavy atom. The molecule has 2 rings (SSSR count). The van der Waals surface area contributed by atoms with Gasteiger partial charge in [0.2, 0.25) is 0 Å². The van der Waals surface area contributed by atoms with Crippen LogP contribution in [0.5, 0.6) is 11.5 Å². The lowest BCUT2D eigenvalue weighted by Gasteiger charge is -2.42. The molecule has 7 nitrogen and oxygen atoms in total. The van der Waals surface area contributed by atoms with Gasteiger partial charge in [-0.1, -0.05) is 0 Å². The van der Waals surface area contributed by atoms with Crippen molar-refractivity contribution in [2.45, 2.75) is 93.9 Å². The quantitative estimate of drug-likeness (QED) is 0.0739. The van der Waals surface area contributed by atoms with E-state index in [9.17, 15) is 171 Å². The van der Waals surface area contributed by atoms with Crippen molar-refractivity contribution in [2.24, 2.45) is 0 Å². The van der Waals surface area contributed by atoms with E-state index in [0.717, 1.165) is 0 Å². The largest absolute Gasteiger partial charge is 0.460 e. The van der Waals surface area contributed by atoms with Gasteiger partial charge in [-0.05, 0) is 48.5 Å². The molecule has 0 aliphatic heterocycles. The van der Waals surface area contributed by atoms with E-state index in [1.165, 1.54) is 0 Å². The van der Waals surface area contributed by atoms with Gasteiger partial charge >= 0.3 is 114 Å². The number of hydrogen-bond donors (Lipinski definition) is 0. The van der Waals surface area contributed by atoms with Gasteiger partial charge in [-0.3, -0.25) is 4.79 Å². The summed E-state index contributed by atoms with van der Waals surface area (Å²) in [6.07, 6.45) is -16.2. The van der Waals surface area contributed by atoms with Crippen molar-refractivity contribution in [1.82, 2.24) is 0 Å². The average molecular weight is 1180 g/mol. The molecule has 0 amide bonds. The summed E-state index contributed by atoms with van der Waals surface area (Å²) in [5, 5.41) is -16.4. The van der Waals surface area contributed by atoms with E-state index in [2.05, 4.69) is 8.37 Å². The second-order valence-corrected chi connectivity index (χ2v) is 16.5. The van der Waals surface area contributed by atoms with Gasteiger partial charge in [0.05, 0.1) is 0 Å². The lowest BCUT2D eigenvalue weighted by atomic mass is 9.91. The van der Waals surface area contributed by atoms with Crippen molar-refractivity contribution in [3.05, 3.63) is 59.7 Å². The van der Waals surface area contributed by atoms with Crippen molar-refractivity contribution in [1.29, 1.82) is 0 Å². The first-order valence-corrected chi connectivity index (χ1v) is 18.9. The van der Waals surface area contributed by atoms with Gasteiger partial charge < -0.3 is 8.37 Å². The fourth-order valence-electron chi connectivity index (χ4n) is 4.46. The first-order valence-electron chi connectivity index (χ1n) is 16.1. The summed E-state index contributed by atoms with van der Waals surface area (Å²) in [6.45, 7) is 0. The minimum Gasteiger partial charge on any atom is -0.378 e. The third-order valence-corrected chi connectivity index (χ3v) is 11.3. The number of alkyl halides is 34. The first-order chi connectivity index (χ1) is 31.0. The summed E-state index contributed by atoms with van der Waals surface area (Å²) in [5.41, 5.74) is -2.26. The number of carbonyl (C=O) groups excluding carboxylic acids is 1. The van der Waals surface area contributed by atoms with E-state index in [4.69, 9.17) is 0 Å². The summed E-state index contributed by atoms with van der Waals surface area (Å²) in [6, 6.07) is -1.07. The Morgan fingerprint density at radius 3 is 0.625 bits per heavy atom. The standard InChI is InChI=1S/C29H8F34O7S2/c30-14(31,18(38,39)22(46,47)26(54,55)56)16(34,35)20(42,43)24(50,51)28(60,61)71(65,66)69-11-5-1-9(2-6-11)13(64)10-3-7-12(8-4-10)70-72(67,68)29(62,63)25(52,53)21(44,45)17(36,37)15(32,33)19(40,41)23(48,49)27(57,58)59/h1-8H. The summed E-state index contributed by atoms with van der Waals surface area (Å²) < 4.78 is 513. The van der Waals surface area contributed by atoms with Gasteiger partial charge in [0.25, 0.3) is 0 Å². The summed E-state index contributed by atoms with van der Waals surface area (Å²) in [7, 11) is -16.4. The number of hydrogen-bond acceptors (Lipinski definition) is 7. The number of rotatable bonds is 20. The molecule has 0 saturated heterocycles. The van der Waals surface area contributed by atoms with Crippen LogP contribution in [0.3, 0.4) is 0 Å². The zero-order valence-corrected chi connectivity index (χ0v) is 33.3. The smallest absolute Gasteiger partial charge is 0.378 e. The van der Waals surface area contributed by atoms with Crippen LogP contribution in [-0.4, -0.2) is 117 Å². The zero-order valence-electron chi connectivity index (χ0n) is 31.6. The van der Waals surface area contributed by atoms with E-state index < -0.39 is 143 Å². The van der Waals surface area contributed by atoms with Crippen LogP contribution in [0.1, 0.15) is 15.9 Å². The van der Waals surface area contributed by atoms with Gasteiger partial charge in [0, 0.05) is 11.1 Å². The molecule has 2 aromatic rings. The van der Waals surface area contributed by atoms with Crippen LogP contribution in [0.4, 0.5) is 149 Å². The highest BCUT2D eigenvalue weighted by atomic mass is 32.2. The Balaban J connectivity index is 2.45. The Labute approximate surface area is 370 Å². The van der Waals surface area contributed by atoms with E-state index in [1.807, 2.05) is 0 Å². The molecule has 43 heteroatoms. The molecule has 0 spiro atoms. The van der Waals surface area contributed by atoms with Crippen molar-refractivity contribution in [3.8, 4) is 11.5 Å². The number of carbonyl (C=O) groups is 1. The number of halogens is 34. The van der Waals surface area contributed by atoms with Gasteiger partial charge in [-0.25, -0.2) is 0 Å². The minimum atomic E-state index is -9.22. The molecule has 0 aliphatic rings. The van der Waals surface area contributed by atoms with Crippen molar-refractivity contribution < 1.29 is 179 Å². The van der Waals surface area contributed by atoms with Crippen LogP contribution < -0.4 is 8.37 Å². The normalized spacial score (nSPS) is 15.9. The molecule has 0 unspecified atom stereocenters. The van der Waals surface area contributed by atoms with Crippen LogP contribution in [0.25, 0.3) is 0 Å². The summed E-state index contributed by atoms with van der Waals surface area (Å²) >= 11 is 0. The van der Waals surface area contributed by atoms with E-state index in [0.29, 0.717) is 0 Å². The predicted octanol–water partition coefficient (Wildman–Crippen LogP) is 12.3. The van der Waals surface area contributed by atoms with Crippen molar-refractivity contribution in [3.63, 3.8) is 0 Å². The fraction of sp³-hybridized carbons (Fsp3) is 0.552. The van der Waals surface area contributed by atoms with Gasteiger partial charge in [0.15, 0.2) is 5.78 Å². The predicted molar refractivity (Wildman–Crippen MR) is 157 cm³/mol. The first kappa shape index (κ1) is 63.3.